The molecule has 0 radical (unpaired) electrons. The Hall–Kier alpha value is -1.62. The fraction of sp³-hybridized carbons (Fsp3) is 0.429. The first-order valence-corrected chi connectivity index (χ1v) is 12.6. The summed E-state index contributed by atoms with van der Waals surface area (Å²) in [5.74, 6) is 0. The van der Waals surface area contributed by atoms with E-state index in [1.807, 2.05) is 0 Å². The molecule has 2 aromatic carbocycles. The van der Waals surface area contributed by atoms with E-state index in [0.717, 1.165) is 19.7 Å². The molecule has 25 heavy (non-hydrogen) atoms. The number of anilines is 1. The Labute approximate surface area is 152 Å². The molecule has 0 amide bonds. The smallest absolute Gasteiger partial charge is 0.183 e. The van der Waals surface area contributed by atoms with Crippen LogP contribution < -0.4 is 4.90 Å². The van der Waals surface area contributed by atoms with Crippen molar-refractivity contribution in [3.63, 3.8) is 0 Å². The lowest BCUT2D eigenvalue weighted by atomic mass is 9.83. The highest BCUT2D eigenvalue weighted by Crippen LogP contribution is 2.44. The standard InChI is InChI=1S/C21H28N2OSi/c1-22-15-23-17(14-24-25(2,3)4)13-16-9-5-6-10-18(16)21(23)19-11-7-8-12-20(19)22/h5-12,17,21H,13-15H2,1-4H3/t17-,21-/m0/s1. The van der Waals surface area contributed by atoms with Gasteiger partial charge in [0.1, 0.15) is 0 Å². The van der Waals surface area contributed by atoms with Crippen LogP contribution in [0.15, 0.2) is 48.5 Å². The molecule has 4 rings (SSSR count). The minimum Gasteiger partial charge on any atom is -0.416 e. The zero-order valence-corrected chi connectivity index (χ0v) is 16.7. The number of nitrogens with zero attached hydrogens (tertiary/aromatic N) is 2. The highest BCUT2D eigenvalue weighted by atomic mass is 28.4. The fourth-order valence-corrected chi connectivity index (χ4v) is 4.87. The van der Waals surface area contributed by atoms with E-state index in [1.54, 1.807) is 0 Å². The van der Waals surface area contributed by atoms with Gasteiger partial charge in [-0.05, 0) is 48.8 Å². The molecule has 0 saturated heterocycles. The lowest BCUT2D eigenvalue weighted by Gasteiger charge is -2.49. The van der Waals surface area contributed by atoms with E-state index in [-0.39, 0.29) is 0 Å². The molecular formula is C21H28N2OSi. The van der Waals surface area contributed by atoms with Gasteiger partial charge >= 0.3 is 0 Å². The molecule has 0 spiro atoms. The molecule has 2 atom stereocenters. The molecule has 2 aliphatic heterocycles. The lowest BCUT2D eigenvalue weighted by molar-refractivity contribution is 0.0876. The fourth-order valence-electron chi connectivity index (χ4n) is 4.18. The first kappa shape index (κ1) is 16.8. The topological polar surface area (TPSA) is 15.7 Å². The van der Waals surface area contributed by atoms with Gasteiger partial charge in [0.15, 0.2) is 8.32 Å². The van der Waals surface area contributed by atoms with Crippen molar-refractivity contribution in [2.24, 2.45) is 0 Å². The summed E-state index contributed by atoms with van der Waals surface area (Å²) in [4.78, 5) is 5.02. The average Bonchev–Trinajstić information content (AvgIpc) is 2.59. The normalized spacial score (nSPS) is 23.0. The van der Waals surface area contributed by atoms with Crippen LogP contribution in [0.2, 0.25) is 19.6 Å². The van der Waals surface area contributed by atoms with Crippen LogP contribution in [0, 0.1) is 0 Å². The van der Waals surface area contributed by atoms with Gasteiger partial charge in [0, 0.05) is 25.4 Å². The van der Waals surface area contributed by atoms with Crippen molar-refractivity contribution in [1.29, 1.82) is 0 Å². The van der Waals surface area contributed by atoms with Gasteiger partial charge in [-0.3, -0.25) is 4.90 Å². The maximum Gasteiger partial charge on any atom is 0.183 e. The van der Waals surface area contributed by atoms with Crippen molar-refractivity contribution in [2.45, 2.75) is 38.1 Å². The summed E-state index contributed by atoms with van der Waals surface area (Å²) in [7, 11) is 0.682. The Morgan fingerprint density at radius 2 is 1.68 bits per heavy atom. The Morgan fingerprint density at radius 1 is 1.00 bits per heavy atom. The van der Waals surface area contributed by atoms with Crippen molar-refractivity contribution in [1.82, 2.24) is 4.90 Å². The monoisotopic (exact) mass is 352 g/mol. The summed E-state index contributed by atoms with van der Waals surface area (Å²) in [5.41, 5.74) is 5.71. The van der Waals surface area contributed by atoms with Crippen LogP contribution >= 0.6 is 0 Å². The number of benzene rings is 2. The first-order chi connectivity index (χ1) is 11.9. The van der Waals surface area contributed by atoms with Gasteiger partial charge in [-0.25, -0.2) is 0 Å². The molecule has 0 aliphatic carbocycles. The molecule has 0 fully saturated rings. The van der Waals surface area contributed by atoms with Crippen LogP contribution in [0.3, 0.4) is 0 Å². The molecule has 3 nitrogen and oxygen atoms in total. The summed E-state index contributed by atoms with van der Waals surface area (Å²) >= 11 is 0. The predicted octanol–water partition coefficient (Wildman–Crippen LogP) is 4.26. The van der Waals surface area contributed by atoms with Crippen LogP contribution in [0.5, 0.6) is 0 Å². The minimum atomic E-state index is -1.52. The maximum absolute atomic E-state index is 6.33. The van der Waals surface area contributed by atoms with Crippen LogP contribution in [-0.4, -0.2) is 39.6 Å². The summed E-state index contributed by atoms with van der Waals surface area (Å²) in [6.07, 6.45) is 1.08. The Kier molecular flexibility index (Phi) is 4.22. The highest BCUT2D eigenvalue weighted by molar-refractivity contribution is 6.69. The van der Waals surface area contributed by atoms with Crippen LogP contribution in [0.1, 0.15) is 22.7 Å². The molecule has 2 heterocycles. The molecule has 2 aliphatic rings. The van der Waals surface area contributed by atoms with E-state index < -0.39 is 8.32 Å². The van der Waals surface area contributed by atoms with Gasteiger partial charge in [-0.1, -0.05) is 42.5 Å². The van der Waals surface area contributed by atoms with E-state index in [0.29, 0.717) is 12.1 Å². The van der Waals surface area contributed by atoms with Crippen molar-refractivity contribution in [2.75, 3.05) is 25.2 Å². The average molecular weight is 353 g/mol. The van der Waals surface area contributed by atoms with Gasteiger partial charge in [-0.15, -0.1) is 0 Å². The van der Waals surface area contributed by atoms with Crippen molar-refractivity contribution >= 4 is 14.0 Å². The second-order valence-electron chi connectivity index (χ2n) is 8.30. The van der Waals surface area contributed by atoms with Gasteiger partial charge < -0.3 is 9.33 Å². The predicted molar refractivity (Wildman–Crippen MR) is 107 cm³/mol. The largest absolute Gasteiger partial charge is 0.416 e. The van der Waals surface area contributed by atoms with E-state index in [9.17, 15) is 0 Å². The third kappa shape index (κ3) is 3.14. The summed E-state index contributed by atoms with van der Waals surface area (Å²) < 4.78 is 6.33. The summed E-state index contributed by atoms with van der Waals surface area (Å²) in [5, 5.41) is 0. The van der Waals surface area contributed by atoms with E-state index >= 15 is 0 Å². The number of para-hydroxylation sites is 1. The van der Waals surface area contributed by atoms with Crippen LogP contribution in [0.4, 0.5) is 5.69 Å². The molecule has 0 saturated carbocycles. The SMILES string of the molecule is CN1CN2[C@H](CO[Si](C)(C)C)Cc3ccccc3[C@H]2c2ccccc21. The molecule has 132 valence electrons. The number of hydrogen-bond donors (Lipinski definition) is 0. The summed E-state index contributed by atoms with van der Waals surface area (Å²) in [6, 6.07) is 18.6. The quantitative estimate of drug-likeness (QED) is 0.768. The highest BCUT2D eigenvalue weighted by Gasteiger charge is 2.40. The maximum atomic E-state index is 6.33. The minimum absolute atomic E-state index is 0.340. The molecule has 0 bridgehead atoms. The first-order valence-electron chi connectivity index (χ1n) is 9.21. The van der Waals surface area contributed by atoms with Gasteiger partial charge in [0.05, 0.1) is 12.7 Å². The molecule has 0 N–H and O–H groups in total. The Balaban J connectivity index is 1.77. The molecule has 0 aromatic heterocycles. The van der Waals surface area contributed by atoms with Gasteiger partial charge in [0.2, 0.25) is 0 Å². The zero-order valence-electron chi connectivity index (χ0n) is 15.7. The number of hydrogen-bond acceptors (Lipinski definition) is 3. The van der Waals surface area contributed by atoms with Crippen LogP contribution in [0.25, 0.3) is 0 Å². The molecule has 4 heteroatoms. The molecule has 2 aromatic rings. The number of rotatable bonds is 3. The molecule has 0 unspecified atom stereocenters. The van der Waals surface area contributed by atoms with E-state index in [1.165, 1.54) is 22.4 Å². The zero-order chi connectivity index (χ0) is 17.6. The van der Waals surface area contributed by atoms with Gasteiger partial charge in [0.25, 0.3) is 0 Å². The van der Waals surface area contributed by atoms with Gasteiger partial charge in [-0.2, -0.15) is 0 Å². The van der Waals surface area contributed by atoms with Crippen molar-refractivity contribution in [3.8, 4) is 0 Å². The van der Waals surface area contributed by atoms with E-state index in [2.05, 4.69) is 85.0 Å². The van der Waals surface area contributed by atoms with Crippen molar-refractivity contribution in [3.05, 3.63) is 65.2 Å². The second kappa shape index (κ2) is 6.27. The third-order valence-electron chi connectivity index (χ3n) is 5.33. The second-order valence-corrected chi connectivity index (χ2v) is 12.8. The Bertz CT molecular complexity index is 770. The summed E-state index contributed by atoms with van der Waals surface area (Å²) in [6.45, 7) is 8.61. The van der Waals surface area contributed by atoms with Crippen molar-refractivity contribution < 1.29 is 4.43 Å². The lowest BCUT2D eigenvalue weighted by Crippen LogP contribution is -2.54. The molecular weight excluding hydrogens is 324 g/mol. The van der Waals surface area contributed by atoms with Crippen LogP contribution in [-0.2, 0) is 10.8 Å². The third-order valence-corrected chi connectivity index (χ3v) is 6.37. The van der Waals surface area contributed by atoms with E-state index in [4.69, 9.17) is 4.43 Å². The Morgan fingerprint density at radius 3 is 2.44 bits per heavy atom. The number of fused-ring (bicyclic) bond motifs is 5.